The summed E-state index contributed by atoms with van der Waals surface area (Å²) in [7, 11) is 0. The predicted octanol–water partition coefficient (Wildman–Crippen LogP) is 0.625. The van der Waals surface area contributed by atoms with Crippen LogP contribution in [0.2, 0.25) is 0 Å². The van der Waals surface area contributed by atoms with E-state index in [4.69, 9.17) is 0 Å². The fourth-order valence-corrected chi connectivity index (χ4v) is 0.638. The summed E-state index contributed by atoms with van der Waals surface area (Å²) in [5.74, 6) is -0.0185. The Bertz CT molecular complexity index is 243. The third kappa shape index (κ3) is 0.975. The zero-order valence-electron chi connectivity index (χ0n) is 5.23. The minimum Gasteiger partial charge on any atom is -0.358 e. The maximum absolute atomic E-state index is 10.2. The maximum Gasteiger partial charge on any atom is 0.342 e. The van der Waals surface area contributed by atoms with Gasteiger partial charge in [-0.05, 0) is 11.8 Å². The lowest BCUT2D eigenvalue weighted by Gasteiger charge is -1.93. The van der Waals surface area contributed by atoms with Crippen LogP contribution in [0.3, 0.4) is 0 Å². The average molecular weight is 140 g/mol. The third-order valence-corrected chi connectivity index (χ3v) is 1.12. The van der Waals surface area contributed by atoms with Crippen LogP contribution in [0.15, 0.2) is 12.5 Å². The van der Waals surface area contributed by atoms with E-state index in [2.05, 4.69) is 11.9 Å². The van der Waals surface area contributed by atoms with Crippen LogP contribution in [-0.4, -0.2) is 14.5 Å². The fourth-order valence-electron chi connectivity index (χ4n) is 0.638. The first-order valence-corrected chi connectivity index (χ1v) is 2.69. The molecule has 0 aromatic carbocycles. The highest BCUT2D eigenvalue weighted by atomic mass is 16.6. The lowest BCUT2D eigenvalue weighted by molar-refractivity contribution is -0.392. The van der Waals surface area contributed by atoms with E-state index in [9.17, 15) is 10.1 Å². The molecule has 1 aromatic rings. The molecule has 0 N–H and O–H groups in total. The molecule has 1 heterocycles. The second-order valence-electron chi connectivity index (χ2n) is 1.70. The lowest BCUT2D eigenvalue weighted by atomic mass is 10.7. The molecule has 0 saturated carbocycles. The Labute approximate surface area is 57.5 Å². The van der Waals surface area contributed by atoms with Gasteiger partial charge in [-0.2, -0.15) is 0 Å². The van der Waals surface area contributed by atoms with E-state index < -0.39 is 4.92 Å². The Morgan fingerprint density at radius 3 is 3.00 bits per heavy atom. The summed E-state index contributed by atoms with van der Waals surface area (Å²) in [5, 5.41) is 10.2. The van der Waals surface area contributed by atoms with Gasteiger partial charge >= 0.3 is 5.82 Å². The molecule has 1 rings (SSSR count). The minimum atomic E-state index is -0.488. The normalized spacial score (nSPS) is 9.70. The van der Waals surface area contributed by atoms with Crippen LogP contribution in [0.1, 0.15) is 0 Å². The molecule has 5 nitrogen and oxygen atoms in total. The van der Waals surface area contributed by atoms with E-state index in [1.807, 2.05) is 0 Å². The summed E-state index contributed by atoms with van der Waals surface area (Å²) in [6, 6.07) is 0. The summed E-state index contributed by atoms with van der Waals surface area (Å²) in [6.45, 7) is 3.82. The second-order valence-corrected chi connectivity index (χ2v) is 1.70. The van der Waals surface area contributed by atoms with Gasteiger partial charge in [0.05, 0.1) is 6.54 Å². The minimum absolute atomic E-state index is 0.0185. The van der Waals surface area contributed by atoms with Crippen molar-refractivity contribution in [2.45, 2.75) is 6.54 Å². The maximum atomic E-state index is 10.2. The van der Waals surface area contributed by atoms with E-state index in [-0.39, 0.29) is 5.82 Å². The number of hydrogen-bond acceptors (Lipinski definition) is 3. The quantitative estimate of drug-likeness (QED) is 0.447. The first-order chi connectivity index (χ1) is 4.75. The summed E-state index contributed by atoms with van der Waals surface area (Å²) >= 11 is 0. The van der Waals surface area contributed by atoms with E-state index in [0.29, 0.717) is 6.54 Å². The van der Waals surface area contributed by atoms with Gasteiger partial charge in [0.1, 0.15) is 6.20 Å². The topological polar surface area (TPSA) is 61.0 Å². The van der Waals surface area contributed by atoms with Crippen molar-refractivity contribution in [1.29, 1.82) is 0 Å². The molecular weight excluding hydrogens is 134 g/mol. The summed E-state index contributed by atoms with van der Waals surface area (Å²) in [4.78, 5) is 13.3. The van der Waals surface area contributed by atoms with Crippen molar-refractivity contribution in [3.8, 4) is 0 Å². The number of imidazole rings is 1. The third-order valence-electron chi connectivity index (χ3n) is 1.12. The van der Waals surface area contributed by atoms with E-state index in [1.54, 1.807) is 0 Å². The summed E-state index contributed by atoms with van der Waals surface area (Å²) in [6.07, 6.45) is 2.58. The molecule has 1 radical (unpaired) electrons. The molecule has 1 aromatic heterocycles. The van der Waals surface area contributed by atoms with Crippen molar-refractivity contribution < 1.29 is 4.92 Å². The number of nitrogens with zero attached hydrogens (tertiary/aromatic N) is 3. The Kier molecular flexibility index (Phi) is 1.66. The highest BCUT2D eigenvalue weighted by Gasteiger charge is 2.09. The highest BCUT2D eigenvalue weighted by Crippen LogP contribution is 2.07. The second kappa shape index (κ2) is 2.47. The zero-order chi connectivity index (χ0) is 7.56. The van der Waals surface area contributed by atoms with Crippen LogP contribution >= 0.6 is 0 Å². The van der Waals surface area contributed by atoms with Gasteiger partial charge in [0.25, 0.3) is 0 Å². The Morgan fingerprint density at radius 1 is 1.90 bits per heavy atom. The summed E-state index contributed by atoms with van der Waals surface area (Å²) in [5.41, 5.74) is 0. The molecule has 0 unspecified atom stereocenters. The van der Waals surface area contributed by atoms with Crippen LogP contribution in [0.25, 0.3) is 0 Å². The molecule has 0 spiro atoms. The predicted molar refractivity (Wildman–Crippen MR) is 34.2 cm³/mol. The molecule has 0 fully saturated rings. The SMILES string of the molecule is [CH2]Cn1cncc1[N+](=O)[O-]. The van der Waals surface area contributed by atoms with Gasteiger partial charge < -0.3 is 10.1 Å². The smallest absolute Gasteiger partial charge is 0.342 e. The number of hydrogen-bond donors (Lipinski definition) is 0. The van der Waals surface area contributed by atoms with Crippen LogP contribution in [0.5, 0.6) is 0 Å². The first-order valence-electron chi connectivity index (χ1n) is 2.69. The Morgan fingerprint density at radius 2 is 2.60 bits per heavy atom. The fraction of sp³-hybridized carbons (Fsp3) is 0.200. The van der Waals surface area contributed by atoms with E-state index in [1.165, 1.54) is 17.1 Å². The van der Waals surface area contributed by atoms with Crippen molar-refractivity contribution in [1.82, 2.24) is 9.55 Å². The van der Waals surface area contributed by atoms with Gasteiger partial charge in [0.15, 0.2) is 6.33 Å². The number of nitro groups is 1. The van der Waals surface area contributed by atoms with Crippen molar-refractivity contribution in [2.24, 2.45) is 0 Å². The number of rotatable bonds is 2. The van der Waals surface area contributed by atoms with E-state index >= 15 is 0 Å². The molecule has 0 aliphatic carbocycles. The molecule has 0 bridgehead atoms. The van der Waals surface area contributed by atoms with Crippen LogP contribution in [0.4, 0.5) is 5.82 Å². The Balaban J connectivity index is 3.01. The molecular formula is C5H6N3O2. The first kappa shape index (κ1) is 6.73. The van der Waals surface area contributed by atoms with Crippen LogP contribution in [-0.2, 0) is 6.54 Å². The summed E-state index contributed by atoms with van der Waals surface area (Å²) < 4.78 is 1.36. The van der Waals surface area contributed by atoms with Gasteiger partial charge in [-0.3, -0.25) is 0 Å². The van der Waals surface area contributed by atoms with Gasteiger partial charge in [0.2, 0.25) is 0 Å². The molecule has 0 atom stereocenters. The molecule has 5 heteroatoms. The molecule has 0 amide bonds. The standard InChI is InChI=1S/C5H6N3O2/c1-2-7-4-6-3-5(7)8(9)10/h3-4H,1-2H2. The van der Waals surface area contributed by atoms with Gasteiger partial charge in [0, 0.05) is 0 Å². The zero-order valence-corrected chi connectivity index (χ0v) is 5.23. The molecule has 10 heavy (non-hydrogen) atoms. The molecule has 53 valence electrons. The highest BCUT2D eigenvalue weighted by molar-refractivity contribution is 5.14. The average Bonchev–Trinajstić information content (AvgIpc) is 2.33. The molecule has 0 saturated heterocycles. The van der Waals surface area contributed by atoms with Crippen molar-refractivity contribution in [3.05, 3.63) is 29.6 Å². The monoisotopic (exact) mass is 140 g/mol. The molecule has 0 aliphatic rings. The van der Waals surface area contributed by atoms with E-state index in [0.717, 1.165) is 0 Å². The Hall–Kier alpha value is -1.39. The largest absolute Gasteiger partial charge is 0.358 e. The van der Waals surface area contributed by atoms with Crippen LogP contribution in [0, 0.1) is 17.0 Å². The van der Waals surface area contributed by atoms with Gasteiger partial charge in [-0.25, -0.2) is 9.55 Å². The van der Waals surface area contributed by atoms with Gasteiger partial charge in [-0.1, -0.05) is 0 Å². The number of aromatic nitrogens is 2. The van der Waals surface area contributed by atoms with Crippen molar-refractivity contribution in [3.63, 3.8) is 0 Å². The van der Waals surface area contributed by atoms with Gasteiger partial charge in [-0.15, -0.1) is 0 Å². The molecule has 0 aliphatic heterocycles. The van der Waals surface area contributed by atoms with Crippen molar-refractivity contribution >= 4 is 5.82 Å². The van der Waals surface area contributed by atoms with Crippen molar-refractivity contribution in [2.75, 3.05) is 0 Å². The lowest BCUT2D eigenvalue weighted by Crippen LogP contribution is -1.98. The van der Waals surface area contributed by atoms with Crippen LogP contribution < -0.4 is 0 Å².